The van der Waals surface area contributed by atoms with E-state index in [9.17, 15) is 36.7 Å². The number of pyridine rings is 1. The third-order valence-electron chi connectivity index (χ3n) is 5.65. The molecule has 3 aromatic rings. The molecule has 1 aromatic heterocycles. The molecule has 0 saturated carbocycles. The maximum atomic E-state index is 13.9. The van der Waals surface area contributed by atoms with Crippen molar-refractivity contribution in [3.8, 4) is 5.75 Å². The van der Waals surface area contributed by atoms with Gasteiger partial charge in [0.25, 0.3) is 5.56 Å². The van der Waals surface area contributed by atoms with Gasteiger partial charge in [0.15, 0.2) is 23.2 Å². The molecule has 0 aliphatic carbocycles. The summed E-state index contributed by atoms with van der Waals surface area (Å²) in [4.78, 5) is 50.8. The van der Waals surface area contributed by atoms with Crippen molar-refractivity contribution in [3.05, 3.63) is 75.2 Å². The van der Waals surface area contributed by atoms with Gasteiger partial charge >= 0.3 is 5.97 Å². The van der Waals surface area contributed by atoms with E-state index in [0.717, 1.165) is 11.7 Å². The number of carbonyl (C=O) groups excluding carboxylic acids is 3. The highest BCUT2D eigenvalue weighted by atomic mass is 35.5. The number of nitrogens with one attached hydrogen (secondary N) is 1. The molecule has 1 amide bonds. The van der Waals surface area contributed by atoms with Crippen molar-refractivity contribution < 1.29 is 41.4 Å². The fraction of sp³-hybridized carbons (Fsp3) is 0.280. The summed E-state index contributed by atoms with van der Waals surface area (Å²) in [5.41, 5.74) is -0.537. The van der Waals surface area contributed by atoms with Crippen molar-refractivity contribution in [1.29, 1.82) is 0 Å². The quantitative estimate of drug-likeness (QED) is 0.231. The number of benzene rings is 2. The third kappa shape index (κ3) is 6.13. The second kappa shape index (κ2) is 12.1. The first-order valence-electron chi connectivity index (χ1n) is 11.1. The van der Waals surface area contributed by atoms with Crippen LogP contribution in [0.1, 0.15) is 25.8 Å². The number of fused-ring (bicyclic) bond motifs is 1. The van der Waals surface area contributed by atoms with Gasteiger partial charge in [-0.15, -0.1) is 0 Å². The molecule has 0 fully saturated rings. The maximum Gasteiger partial charge on any atom is 0.308 e. The summed E-state index contributed by atoms with van der Waals surface area (Å²) in [6.45, 7) is 0.438. The van der Waals surface area contributed by atoms with Crippen molar-refractivity contribution in [3.63, 3.8) is 0 Å². The summed E-state index contributed by atoms with van der Waals surface area (Å²) in [5, 5.41) is 3.44. The van der Waals surface area contributed by atoms with Crippen LogP contribution in [0.25, 0.3) is 10.8 Å². The molecule has 0 aliphatic rings. The molecule has 0 radical (unpaired) electrons. The van der Waals surface area contributed by atoms with E-state index in [2.05, 4.69) is 14.8 Å². The predicted molar refractivity (Wildman–Crippen MR) is 128 cm³/mol. The number of halogens is 5. The Bertz CT molecular complexity index is 1440. The standard InChI is InChI=1S/C25H21ClF4N2O6/c1-3-18(32-7-6-12-4-5-13(26)8-14(12)25(32)36)24(35)31-17(10-20(34)37-2)19(33)11-38-23-21(29)15(27)9-16(28)22(23)30/h4-9,17-18H,3,10-11H2,1-2H3,(H,31,35)/t17-,18?/m0/s1. The Morgan fingerprint density at radius 3 is 2.32 bits per heavy atom. The minimum atomic E-state index is -1.87. The highest BCUT2D eigenvalue weighted by Gasteiger charge is 2.30. The first-order chi connectivity index (χ1) is 18.0. The lowest BCUT2D eigenvalue weighted by atomic mass is 10.1. The molecular formula is C25H21ClF4N2O6. The Kier molecular flexibility index (Phi) is 9.10. The van der Waals surface area contributed by atoms with Gasteiger partial charge in [-0.3, -0.25) is 19.2 Å². The highest BCUT2D eigenvalue weighted by Crippen LogP contribution is 2.26. The number of nitrogens with zero attached hydrogens (tertiary/aromatic N) is 1. The fourth-order valence-electron chi connectivity index (χ4n) is 3.67. The molecular weight excluding hydrogens is 536 g/mol. The van der Waals surface area contributed by atoms with Crippen LogP contribution in [0.5, 0.6) is 5.75 Å². The molecule has 2 aromatic carbocycles. The Hall–Kier alpha value is -3.93. The van der Waals surface area contributed by atoms with Crippen molar-refractivity contribution in [2.24, 2.45) is 0 Å². The van der Waals surface area contributed by atoms with Gasteiger partial charge in [0.05, 0.1) is 13.5 Å². The first-order valence-corrected chi connectivity index (χ1v) is 11.5. The summed E-state index contributed by atoms with van der Waals surface area (Å²) < 4.78 is 64.9. The Balaban J connectivity index is 1.85. The molecule has 1 N–H and O–H groups in total. The first kappa shape index (κ1) is 28.6. The Morgan fingerprint density at radius 1 is 1.05 bits per heavy atom. The van der Waals surface area contributed by atoms with Crippen molar-refractivity contribution in [1.82, 2.24) is 9.88 Å². The molecule has 8 nitrogen and oxygen atoms in total. The summed E-state index contributed by atoms with van der Waals surface area (Å²) in [6, 6.07) is 3.47. The number of ketones is 1. The molecule has 1 heterocycles. The summed E-state index contributed by atoms with van der Waals surface area (Å²) in [5.74, 6) is -11.6. The topological polar surface area (TPSA) is 104 Å². The van der Waals surface area contributed by atoms with E-state index >= 15 is 0 Å². The number of hydrogen-bond acceptors (Lipinski definition) is 6. The minimum Gasteiger partial charge on any atom is -0.479 e. The van der Waals surface area contributed by atoms with Crippen LogP contribution < -0.4 is 15.6 Å². The zero-order chi connectivity index (χ0) is 28.1. The molecule has 3 rings (SSSR count). The lowest BCUT2D eigenvalue weighted by molar-refractivity contribution is -0.143. The maximum absolute atomic E-state index is 13.9. The van der Waals surface area contributed by atoms with Gasteiger partial charge in [0.1, 0.15) is 18.7 Å². The zero-order valence-electron chi connectivity index (χ0n) is 20.0. The van der Waals surface area contributed by atoms with E-state index < -0.39 is 77.3 Å². The van der Waals surface area contributed by atoms with Crippen LogP contribution in [-0.2, 0) is 19.1 Å². The number of aromatic nitrogens is 1. The second-order valence-electron chi connectivity index (χ2n) is 8.08. The van der Waals surface area contributed by atoms with E-state index in [4.69, 9.17) is 11.6 Å². The molecule has 0 saturated heterocycles. The average Bonchev–Trinajstić information content (AvgIpc) is 2.88. The van der Waals surface area contributed by atoms with Crippen LogP contribution in [0, 0.1) is 23.3 Å². The lowest BCUT2D eigenvalue weighted by Crippen LogP contribution is -2.48. The Morgan fingerprint density at radius 2 is 1.71 bits per heavy atom. The molecule has 202 valence electrons. The second-order valence-corrected chi connectivity index (χ2v) is 8.51. The molecule has 0 aliphatic heterocycles. The normalized spacial score (nSPS) is 12.6. The number of esters is 1. The van der Waals surface area contributed by atoms with Gasteiger partial charge in [-0.1, -0.05) is 24.6 Å². The monoisotopic (exact) mass is 556 g/mol. The molecule has 2 atom stereocenters. The van der Waals surface area contributed by atoms with E-state index in [-0.39, 0.29) is 17.9 Å². The van der Waals surface area contributed by atoms with Crippen LogP contribution in [0.4, 0.5) is 17.6 Å². The molecule has 0 spiro atoms. The number of amides is 1. The summed E-state index contributed by atoms with van der Waals surface area (Å²) in [6.07, 6.45) is 0.772. The fourth-order valence-corrected chi connectivity index (χ4v) is 3.84. The number of methoxy groups -OCH3 is 1. The molecule has 1 unspecified atom stereocenters. The summed E-state index contributed by atoms with van der Waals surface area (Å²) >= 11 is 5.99. The van der Waals surface area contributed by atoms with E-state index in [1.54, 1.807) is 25.1 Å². The van der Waals surface area contributed by atoms with Gasteiger partial charge < -0.3 is 19.4 Å². The van der Waals surface area contributed by atoms with Crippen molar-refractivity contribution in [2.75, 3.05) is 13.7 Å². The van der Waals surface area contributed by atoms with Crippen molar-refractivity contribution >= 4 is 40.0 Å². The number of Topliss-reactive ketones (excluding diaryl/α,β-unsaturated/α-hetero) is 1. The number of carbonyl (C=O) groups is 3. The Labute approximate surface area is 218 Å². The van der Waals surface area contributed by atoms with Gasteiger partial charge in [0, 0.05) is 22.7 Å². The molecule has 0 bridgehead atoms. The van der Waals surface area contributed by atoms with Crippen LogP contribution in [0.2, 0.25) is 5.02 Å². The largest absolute Gasteiger partial charge is 0.479 e. The third-order valence-corrected chi connectivity index (χ3v) is 5.89. The van der Waals surface area contributed by atoms with E-state index in [1.165, 1.54) is 12.3 Å². The summed E-state index contributed by atoms with van der Waals surface area (Å²) in [7, 11) is 1.02. The smallest absolute Gasteiger partial charge is 0.308 e. The number of ether oxygens (including phenoxy) is 2. The van der Waals surface area contributed by atoms with Crippen LogP contribution >= 0.6 is 11.6 Å². The van der Waals surface area contributed by atoms with Gasteiger partial charge in [-0.2, -0.15) is 8.78 Å². The lowest BCUT2D eigenvalue weighted by Gasteiger charge is -2.22. The van der Waals surface area contributed by atoms with E-state index in [0.29, 0.717) is 10.4 Å². The van der Waals surface area contributed by atoms with E-state index in [1.807, 2.05) is 0 Å². The predicted octanol–water partition coefficient (Wildman–Crippen LogP) is 3.86. The highest BCUT2D eigenvalue weighted by molar-refractivity contribution is 6.31. The van der Waals surface area contributed by atoms with Crippen molar-refractivity contribution in [2.45, 2.75) is 31.8 Å². The van der Waals surface area contributed by atoms with Gasteiger partial charge in [-0.05, 0) is 30.0 Å². The number of hydrogen-bond donors (Lipinski definition) is 1. The zero-order valence-corrected chi connectivity index (χ0v) is 20.8. The molecule has 13 heteroatoms. The molecule has 38 heavy (non-hydrogen) atoms. The number of rotatable bonds is 10. The van der Waals surface area contributed by atoms with Gasteiger partial charge in [-0.25, -0.2) is 8.78 Å². The van der Waals surface area contributed by atoms with Crippen LogP contribution in [-0.4, -0.2) is 42.0 Å². The SMILES string of the molecule is CCC(C(=O)N[C@@H](CC(=O)OC)C(=O)COc1c(F)c(F)cc(F)c1F)n1ccc2ccc(Cl)cc2c1=O. The van der Waals surface area contributed by atoms with Crippen LogP contribution in [0.15, 0.2) is 41.3 Å². The van der Waals surface area contributed by atoms with Crippen LogP contribution in [0.3, 0.4) is 0 Å². The average molecular weight is 557 g/mol. The van der Waals surface area contributed by atoms with Gasteiger partial charge in [0.2, 0.25) is 17.5 Å². The minimum absolute atomic E-state index is 0.0345.